The number of amides is 1. The van der Waals surface area contributed by atoms with Crippen molar-refractivity contribution in [2.45, 2.75) is 13.3 Å². The molecule has 0 atom stereocenters. The van der Waals surface area contributed by atoms with Crippen LogP contribution in [0.1, 0.15) is 13.3 Å². The highest BCUT2D eigenvalue weighted by atomic mass is 127. The summed E-state index contributed by atoms with van der Waals surface area (Å²) in [7, 11) is 3.48. The second-order valence-corrected chi connectivity index (χ2v) is 5.12. The van der Waals surface area contributed by atoms with Crippen molar-refractivity contribution in [3.05, 3.63) is 0 Å². The fourth-order valence-corrected chi connectivity index (χ4v) is 2.26. The first-order valence-corrected chi connectivity index (χ1v) is 7.58. The first-order chi connectivity index (χ1) is 10.2. The summed E-state index contributed by atoms with van der Waals surface area (Å²) in [6, 6.07) is 0. The summed E-state index contributed by atoms with van der Waals surface area (Å²) >= 11 is 0. The molecule has 1 saturated heterocycles. The molecule has 0 aromatic rings. The smallest absolute Gasteiger partial charge is 0.219 e. The summed E-state index contributed by atoms with van der Waals surface area (Å²) in [5.41, 5.74) is 0. The lowest BCUT2D eigenvalue weighted by Gasteiger charge is -2.34. The molecule has 1 aliphatic heterocycles. The molecule has 2 N–H and O–H groups in total. The van der Waals surface area contributed by atoms with Gasteiger partial charge in [0.15, 0.2) is 5.96 Å². The predicted octanol–water partition coefficient (Wildman–Crippen LogP) is -0.0300. The molecule has 1 amide bonds. The molecule has 1 rings (SSSR count). The highest BCUT2D eigenvalue weighted by molar-refractivity contribution is 14.0. The lowest BCUT2D eigenvalue weighted by molar-refractivity contribution is -0.130. The Morgan fingerprint density at radius 1 is 1.18 bits per heavy atom. The van der Waals surface area contributed by atoms with E-state index in [1.807, 2.05) is 4.90 Å². The summed E-state index contributed by atoms with van der Waals surface area (Å²) in [5, 5.41) is 6.55. The van der Waals surface area contributed by atoms with Crippen LogP contribution < -0.4 is 10.6 Å². The Morgan fingerprint density at radius 3 is 2.36 bits per heavy atom. The number of guanidine groups is 1. The molecule has 0 unspecified atom stereocenters. The number of piperazine rings is 1. The zero-order valence-corrected chi connectivity index (χ0v) is 16.3. The zero-order chi connectivity index (χ0) is 15.5. The Kier molecular flexibility index (Phi) is 12.5. The number of nitrogens with one attached hydrogen (secondary N) is 2. The molecule has 0 aliphatic carbocycles. The van der Waals surface area contributed by atoms with Crippen molar-refractivity contribution in [1.29, 1.82) is 0 Å². The van der Waals surface area contributed by atoms with Crippen molar-refractivity contribution in [2.75, 3.05) is 66.6 Å². The first-order valence-electron chi connectivity index (χ1n) is 7.58. The van der Waals surface area contributed by atoms with Crippen LogP contribution in [0.4, 0.5) is 0 Å². The summed E-state index contributed by atoms with van der Waals surface area (Å²) in [5.74, 6) is 1.00. The van der Waals surface area contributed by atoms with Crippen LogP contribution in [0.15, 0.2) is 4.99 Å². The number of aliphatic imine (C=N–C) groups is 1. The van der Waals surface area contributed by atoms with Crippen LogP contribution in [0.5, 0.6) is 0 Å². The molecule has 0 radical (unpaired) electrons. The van der Waals surface area contributed by atoms with Crippen molar-refractivity contribution in [1.82, 2.24) is 20.4 Å². The third-order valence-corrected chi connectivity index (χ3v) is 3.58. The molecule has 1 aliphatic rings. The number of nitrogens with zero attached hydrogens (tertiary/aromatic N) is 3. The topological polar surface area (TPSA) is 69.2 Å². The maximum absolute atomic E-state index is 11.3. The Labute approximate surface area is 150 Å². The van der Waals surface area contributed by atoms with Gasteiger partial charge in [0.1, 0.15) is 0 Å². The summed E-state index contributed by atoms with van der Waals surface area (Å²) in [6.45, 7) is 8.61. The summed E-state index contributed by atoms with van der Waals surface area (Å²) in [6.07, 6.45) is 0.963. The second-order valence-electron chi connectivity index (χ2n) is 5.12. The van der Waals surface area contributed by atoms with E-state index in [2.05, 4.69) is 20.5 Å². The number of ether oxygens (including phenoxy) is 1. The Balaban J connectivity index is 0.00000441. The maximum Gasteiger partial charge on any atom is 0.219 e. The van der Waals surface area contributed by atoms with Gasteiger partial charge in [-0.05, 0) is 6.42 Å². The zero-order valence-electron chi connectivity index (χ0n) is 13.9. The highest BCUT2D eigenvalue weighted by Crippen LogP contribution is 2.00. The van der Waals surface area contributed by atoms with Crippen LogP contribution in [0.2, 0.25) is 0 Å². The molecule has 1 heterocycles. The van der Waals surface area contributed by atoms with E-state index in [0.717, 1.165) is 64.8 Å². The van der Waals surface area contributed by atoms with E-state index in [1.54, 1.807) is 21.1 Å². The van der Waals surface area contributed by atoms with Crippen molar-refractivity contribution < 1.29 is 9.53 Å². The van der Waals surface area contributed by atoms with Gasteiger partial charge in [-0.3, -0.25) is 14.7 Å². The van der Waals surface area contributed by atoms with Gasteiger partial charge in [0.2, 0.25) is 5.91 Å². The van der Waals surface area contributed by atoms with Gasteiger partial charge in [0.25, 0.3) is 0 Å². The van der Waals surface area contributed by atoms with E-state index in [0.29, 0.717) is 0 Å². The van der Waals surface area contributed by atoms with E-state index < -0.39 is 0 Å². The van der Waals surface area contributed by atoms with Gasteiger partial charge in [0.05, 0.1) is 0 Å². The molecule has 0 aromatic carbocycles. The molecule has 130 valence electrons. The monoisotopic (exact) mass is 427 g/mol. The molecular formula is C14H30IN5O2. The highest BCUT2D eigenvalue weighted by Gasteiger charge is 2.17. The van der Waals surface area contributed by atoms with E-state index in [-0.39, 0.29) is 29.9 Å². The van der Waals surface area contributed by atoms with Gasteiger partial charge in [-0.25, -0.2) is 0 Å². The van der Waals surface area contributed by atoms with Gasteiger partial charge in [-0.15, -0.1) is 24.0 Å². The van der Waals surface area contributed by atoms with E-state index >= 15 is 0 Å². The molecule has 22 heavy (non-hydrogen) atoms. The summed E-state index contributed by atoms with van der Waals surface area (Å²) < 4.78 is 5.01. The van der Waals surface area contributed by atoms with Crippen LogP contribution in [-0.2, 0) is 9.53 Å². The molecule has 0 spiro atoms. The van der Waals surface area contributed by atoms with E-state index in [1.165, 1.54) is 0 Å². The van der Waals surface area contributed by atoms with Crippen molar-refractivity contribution >= 4 is 35.8 Å². The Hall–Kier alpha value is -0.610. The molecule has 1 fully saturated rings. The average molecular weight is 427 g/mol. The van der Waals surface area contributed by atoms with Gasteiger partial charge in [0, 0.05) is 73.5 Å². The molecule has 7 nitrogen and oxygen atoms in total. The van der Waals surface area contributed by atoms with Gasteiger partial charge >= 0.3 is 0 Å². The lowest BCUT2D eigenvalue weighted by Crippen LogP contribution is -2.50. The predicted molar refractivity (Wildman–Crippen MR) is 100.0 cm³/mol. The number of carbonyl (C=O) groups is 1. The van der Waals surface area contributed by atoms with E-state index in [4.69, 9.17) is 4.74 Å². The van der Waals surface area contributed by atoms with Crippen molar-refractivity contribution in [3.63, 3.8) is 0 Å². The minimum atomic E-state index is 0. The third-order valence-electron chi connectivity index (χ3n) is 3.58. The van der Waals surface area contributed by atoms with Crippen LogP contribution >= 0.6 is 24.0 Å². The maximum atomic E-state index is 11.3. The quantitative estimate of drug-likeness (QED) is 0.259. The number of hydrogen-bond acceptors (Lipinski definition) is 4. The molecular weight excluding hydrogens is 397 g/mol. The van der Waals surface area contributed by atoms with Gasteiger partial charge < -0.3 is 20.3 Å². The van der Waals surface area contributed by atoms with Crippen LogP contribution in [0.25, 0.3) is 0 Å². The van der Waals surface area contributed by atoms with Crippen LogP contribution in [-0.4, -0.2) is 88.2 Å². The van der Waals surface area contributed by atoms with Gasteiger partial charge in [-0.2, -0.15) is 0 Å². The normalized spacial score (nSPS) is 16.1. The van der Waals surface area contributed by atoms with Crippen LogP contribution in [0, 0.1) is 0 Å². The standard InChI is InChI=1S/C14H29N5O2.HI/c1-13(20)19-10-8-18(9-11-19)7-6-17-14(15-2)16-5-4-12-21-3;/h4-12H2,1-3H3,(H2,15,16,17);1H. The van der Waals surface area contributed by atoms with Crippen LogP contribution in [0.3, 0.4) is 0 Å². The Morgan fingerprint density at radius 2 is 1.82 bits per heavy atom. The second kappa shape index (κ2) is 12.9. The van der Waals surface area contributed by atoms with E-state index in [9.17, 15) is 4.79 Å². The lowest BCUT2D eigenvalue weighted by atomic mass is 10.3. The minimum absolute atomic E-state index is 0. The first kappa shape index (κ1) is 21.4. The fourth-order valence-electron chi connectivity index (χ4n) is 2.26. The van der Waals surface area contributed by atoms with Crippen molar-refractivity contribution in [3.8, 4) is 0 Å². The fraction of sp³-hybridized carbons (Fsp3) is 0.857. The Bertz CT molecular complexity index is 333. The molecule has 0 aromatic heterocycles. The summed E-state index contributed by atoms with van der Waals surface area (Å²) in [4.78, 5) is 19.7. The molecule has 0 saturated carbocycles. The van der Waals surface area contributed by atoms with Gasteiger partial charge in [-0.1, -0.05) is 0 Å². The molecule has 0 bridgehead atoms. The van der Waals surface area contributed by atoms with Crippen molar-refractivity contribution in [2.24, 2.45) is 4.99 Å². The SMILES string of the molecule is CN=C(NCCCOC)NCCN1CCN(C(C)=O)CC1.I. The number of carbonyl (C=O) groups excluding carboxylic acids is 1. The number of methoxy groups -OCH3 is 1. The number of hydrogen-bond donors (Lipinski definition) is 2. The third kappa shape index (κ3) is 8.74. The average Bonchev–Trinajstić information content (AvgIpc) is 2.50. The number of halogens is 1. The number of rotatable bonds is 7. The minimum Gasteiger partial charge on any atom is -0.385 e. The molecule has 8 heteroatoms. The largest absolute Gasteiger partial charge is 0.385 e.